The number of hydrogen-bond acceptors (Lipinski definition) is 1. The monoisotopic (exact) mass is 715 g/mol. The Hall–Kier alpha value is -6.83. The quantitative estimate of drug-likeness (QED) is 0.152. The first kappa shape index (κ1) is 33.7. The van der Waals surface area contributed by atoms with Crippen molar-refractivity contribution in [3.05, 3.63) is 216 Å². The van der Waals surface area contributed by atoms with Crippen molar-refractivity contribution in [2.75, 3.05) is 0 Å². The van der Waals surface area contributed by atoms with Gasteiger partial charge in [-0.15, -0.1) is 0 Å². The maximum Gasteiger partial charge on any atom is 0.0669 e. The molecule has 0 atom stereocenters. The van der Waals surface area contributed by atoms with Crippen LogP contribution >= 0.6 is 0 Å². The van der Waals surface area contributed by atoms with Gasteiger partial charge in [0, 0.05) is 6.42 Å². The number of fused-ring (bicyclic) bond motifs is 7. The van der Waals surface area contributed by atoms with Crippen molar-refractivity contribution >= 4 is 60.1 Å². The first-order valence-corrected chi connectivity index (χ1v) is 19.8. The molecule has 9 aromatic rings. The highest BCUT2D eigenvalue weighted by Crippen LogP contribution is 2.42. The molecule has 266 valence electrons. The fraction of sp³-hybridized carbons (Fsp3) is 0.0727. The smallest absolute Gasteiger partial charge is 0.0669 e. The molecule has 0 N–H and O–H groups in total. The van der Waals surface area contributed by atoms with E-state index in [1.165, 1.54) is 87.6 Å². The largest absolute Gasteiger partial charge is 0.252 e. The van der Waals surface area contributed by atoms with E-state index in [1.54, 1.807) is 0 Å². The number of rotatable bonds is 6. The van der Waals surface area contributed by atoms with Crippen LogP contribution in [0.2, 0.25) is 0 Å². The van der Waals surface area contributed by atoms with Crippen LogP contribution in [0, 0.1) is 0 Å². The Morgan fingerprint density at radius 2 is 0.964 bits per heavy atom. The highest BCUT2D eigenvalue weighted by molar-refractivity contribution is 6.26. The second-order valence-electron chi connectivity index (χ2n) is 14.8. The number of nitrogens with zero attached hydrogens (tertiary/aromatic N) is 1. The molecule has 9 aromatic carbocycles. The lowest BCUT2D eigenvalue weighted by atomic mass is 9.87. The Balaban J connectivity index is 1.11. The summed E-state index contributed by atoms with van der Waals surface area (Å²) in [7, 11) is 0. The molecule has 0 spiro atoms. The van der Waals surface area contributed by atoms with E-state index in [0.717, 1.165) is 36.2 Å². The Morgan fingerprint density at radius 1 is 0.429 bits per heavy atom. The van der Waals surface area contributed by atoms with Crippen LogP contribution in [0.5, 0.6) is 0 Å². The van der Waals surface area contributed by atoms with E-state index in [2.05, 4.69) is 201 Å². The first-order valence-electron chi connectivity index (χ1n) is 19.8. The Labute approximate surface area is 328 Å². The molecular formula is C55H41N. The molecule has 0 fully saturated rings. The second kappa shape index (κ2) is 14.4. The molecule has 1 heteroatoms. The van der Waals surface area contributed by atoms with Crippen molar-refractivity contribution in [2.45, 2.75) is 26.2 Å². The molecular weight excluding hydrogens is 675 g/mol. The molecule has 1 heterocycles. The summed E-state index contributed by atoms with van der Waals surface area (Å²) in [5.41, 5.74) is 13.5. The van der Waals surface area contributed by atoms with Crippen LogP contribution in [0.4, 0.5) is 0 Å². The maximum atomic E-state index is 5.44. The summed E-state index contributed by atoms with van der Waals surface area (Å²) in [6.45, 7) is 2.27. The molecule has 10 rings (SSSR count). The van der Waals surface area contributed by atoms with Gasteiger partial charge in [-0.05, 0) is 107 Å². The summed E-state index contributed by atoms with van der Waals surface area (Å²) in [5.74, 6) is 0. The molecule has 0 aliphatic carbocycles. The zero-order valence-electron chi connectivity index (χ0n) is 31.5. The summed E-state index contributed by atoms with van der Waals surface area (Å²) in [6.07, 6.45) is 5.00. The molecule has 56 heavy (non-hydrogen) atoms. The average Bonchev–Trinajstić information content (AvgIpc) is 3.27. The van der Waals surface area contributed by atoms with Gasteiger partial charge in [0.15, 0.2) is 0 Å². The lowest BCUT2D eigenvalue weighted by molar-refractivity contribution is 1.04. The zero-order valence-corrected chi connectivity index (χ0v) is 31.5. The fourth-order valence-corrected chi connectivity index (χ4v) is 8.87. The van der Waals surface area contributed by atoms with Gasteiger partial charge in [-0.1, -0.05) is 201 Å². The number of benzene rings is 9. The molecule has 0 aromatic heterocycles. The standard InChI is InChI=1S/C55H41N/c1-2-37-36-54(40-18-7-4-8-19-40)56-53(34-33-44(37)38-15-5-3-6-16-38)41-25-27-42(28-26-41)55-45-20-10-9-17-39(45)29-31-46(55)43-30-32-51-49-23-12-11-21-47(49)48-22-13-14-24-50(48)52(51)35-43/h3-32,34-35H,2,33,36H2,1H3/b44-37+,53-34-,56-54?. The van der Waals surface area contributed by atoms with Crippen LogP contribution in [-0.2, 0) is 0 Å². The number of hydrogen-bond donors (Lipinski definition) is 0. The van der Waals surface area contributed by atoms with Crippen LogP contribution in [0.25, 0.3) is 76.6 Å². The Bertz CT molecular complexity index is 2980. The molecule has 0 saturated carbocycles. The van der Waals surface area contributed by atoms with Crippen molar-refractivity contribution in [1.29, 1.82) is 0 Å². The normalized spacial score (nSPS) is 15.7. The van der Waals surface area contributed by atoms with Crippen LogP contribution in [0.15, 0.2) is 205 Å². The minimum Gasteiger partial charge on any atom is -0.252 e. The van der Waals surface area contributed by atoms with E-state index in [9.17, 15) is 0 Å². The summed E-state index contributed by atoms with van der Waals surface area (Å²) in [6, 6.07) is 68.8. The predicted octanol–water partition coefficient (Wildman–Crippen LogP) is 15.1. The van der Waals surface area contributed by atoms with E-state index in [-0.39, 0.29) is 0 Å². The molecule has 1 aliphatic heterocycles. The topological polar surface area (TPSA) is 12.4 Å². The molecule has 1 nitrogen and oxygen atoms in total. The molecule has 0 radical (unpaired) electrons. The maximum absolute atomic E-state index is 5.44. The number of aliphatic imine (C=N–C) groups is 1. The van der Waals surface area contributed by atoms with Crippen LogP contribution in [0.3, 0.4) is 0 Å². The van der Waals surface area contributed by atoms with E-state index >= 15 is 0 Å². The Kier molecular flexibility index (Phi) is 8.69. The Morgan fingerprint density at radius 3 is 1.62 bits per heavy atom. The lowest BCUT2D eigenvalue weighted by Gasteiger charge is -2.20. The second-order valence-corrected chi connectivity index (χ2v) is 14.8. The van der Waals surface area contributed by atoms with E-state index in [1.807, 2.05) is 0 Å². The molecule has 0 unspecified atom stereocenters. The number of allylic oxidation sites excluding steroid dienone is 3. The van der Waals surface area contributed by atoms with E-state index < -0.39 is 0 Å². The van der Waals surface area contributed by atoms with E-state index in [0.29, 0.717) is 0 Å². The van der Waals surface area contributed by atoms with Crippen LogP contribution < -0.4 is 0 Å². The fourth-order valence-electron chi connectivity index (χ4n) is 8.87. The minimum absolute atomic E-state index is 0.830. The lowest BCUT2D eigenvalue weighted by Crippen LogP contribution is -2.07. The van der Waals surface area contributed by atoms with E-state index in [4.69, 9.17) is 4.99 Å². The summed E-state index contributed by atoms with van der Waals surface area (Å²) < 4.78 is 0. The van der Waals surface area contributed by atoms with Gasteiger partial charge in [0.05, 0.1) is 11.4 Å². The van der Waals surface area contributed by atoms with Crippen molar-refractivity contribution in [1.82, 2.24) is 0 Å². The molecule has 0 amide bonds. The summed E-state index contributed by atoms with van der Waals surface area (Å²) in [5, 5.41) is 10.2. The van der Waals surface area contributed by atoms with Gasteiger partial charge in [-0.3, -0.25) is 4.99 Å². The minimum atomic E-state index is 0.830. The van der Waals surface area contributed by atoms with Crippen molar-refractivity contribution < 1.29 is 0 Å². The van der Waals surface area contributed by atoms with Gasteiger partial charge in [-0.2, -0.15) is 0 Å². The van der Waals surface area contributed by atoms with Gasteiger partial charge >= 0.3 is 0 Å². The highest BCUT2D eigenvalue weighted by Gasteiger charge is 2.18. The summed E-state index contributed by atoms with van der Waals surface area (Å²) >= 11 is 0. The van der Waals surface area contributed by atoms with Gasteiger partial charge in [0.1, 0.15) is 0 Å². The van der Waals surface area contributed by atoms with Crippen molar-refractivity contribution in [3.63, 3.8) is 0 Å². The van der Waals surface area contributed by atoms with Gasteiger partial charge < -0.3 is 0 Å². The van der Waals surface area contributed by atoms with Crippen molar-refractivity contribution in [3.8, 4) is 22.3 Å². The van der Waals surface area contributed by atoms with Crippen LogP contribution in [-0.4, -0.2) is 5.71 Å². The average molecular weight is 716 g/mol. The predicted molar refractivity (Wildman–Crippen MR) is 241 cm³/mol. The van der Waals surface area contributed by atoms with Gasteiger partial charge in [0.25, 0.3) is 0 Å². The van der Waals surface area contributed by atoms with Gasteiger partial charge in [0.2, 0.25) is 0 Å². The van der Waals surface area contributed by atoms with Crippen molar-refractivity contribution in [2.24, 2.45) is 4.99 Å². The first-order chi connectivity index (χ1) is 27.7. The molecule has 0 bridgehead atoms. The zero-order chi connectivity index (χ0) is 37.4. The third kappa shape index (κ3) is 6.03. The SMILES string of the molecule is CC/C1=C(\c2ccccc2)C/C=C(/c2ccc(-c3c(-c4ccc5c6ccccc6c6ccccc6c5c4)ccc4ccccc34)cc2)N=C(c2ccccc2)C1. The van der Waals surface area contributed by atoms with Gasteiger partial charge in [-0.25, -0.2) is 0 Å². The molecule has 0 saturated heterocycles. The molecule has 1 aliphatic rings. The highest BCUT2D eigenvalue weighted by atomic mass is 14.8. The third-order valence-electron chi connectivity index (χ3n) is 11.7. The van der Waals surface area contributed by atoms with Crippen LogP contribution in [0.1, 0.15) is 42.9 Å². The third-order valence-corrected chi connectivity index (χ3v) is 11.7. The summed E-state index contributed by atoms with van der Waals surface area (Å²) in [4.78, 5) is 5.44.